The van der Waals surface area contributed by atoms with Crippen molar-refractivity contribution in [2.75, 3.05) is 18.0 Å². The normalized spacial score (nSPS) is 15.6. The molecule has 1 aliphatic heterocycles. The van der Waals surface area contributed by atoms with Crippen LogP contribution in [0.1, 0.15) is 23.8 Å². The van der Waals surface area contributed by atoms with Gasteiger partial charge in [-0.15, -0.1) is 0 Å². The molecule has 19 heavy (non-hydrogen) atoms. The number of hydrogen-bond donors (Lipinski definition) is 1. The summed E-state index contributed by atoms with van der Waals surface area (Å²) in [6, 6.07) is 5.49. The van der Waals surface area contributed by atoms with Crippen molar-refractivity contribution < 1.29 is 9.90 Å². The third-order valence-corrected chi connectivity index (χ3v) is 3.35. The number of pyridine rings is 1. The number of hydrogen-bond acceptors (Lipinski definition) is 3. The quantitative estimate of drug-likeness (QED) is 0.838. The number of anilines is 1. The summed E-state index contributed by atoms with van der Waals surface area (Å²) in [4.78, 5) is 18.0. The van der Waals surface area contributed by atoms with Gasteiger partial charge in [0.05, 0.1) is 0 Å². The minimum atomic E-state index is -0.944. The minimum Gasteiger partial charge on any atom is -0.476 e. The van der Waals surface area contributed by atoms with Crippen LogP contribution in [0.2, 0.25) is 0 Å². The molecule has 0 aliphatic carbocycles. The molecule has 5 nitrogen and oxygen atoms in total. The topological polar surface area (TPSA) is 57.8 Å². The molecule has 0 saturated carbocycles. The average molecular weight is 257 g/mol. The molecule has 3 rings (SSSR count). The fourth-order valence-electron chi connectivity index (χ4n) is 2.49. The predicted octanol–water partition coefficient (Wildman–Crippen LogP) is 2.19. The van der Waals surface area contributed by atoms with Crippen molar-refractivity contribution in [2.45, 2.75) is 13.3 Å². The first kappa shape index (κ1) is 11.8. The average Bonchev–Trinajstić information content (AvgIpc) is 2.78. The van der Waals surface area contributed by atoms with E-state index in [1.165, 1.54) is 5.57 Å². The van der Waals surface area contributed by atoms with E-state index >= 15 is 0 Å². The van der Waals surface area contributed by atoms with Gasteiger partial charge in [-0.1, -0.05) is 17.7 Å². The Morgan fingerprint density at radius 1 is 1.42 bits per heavy atom. The second kappa shape index (κ2) is 4.42. The number of carboxylic acids is 1. The maximum atomic E-state index is 11.5. The van der Waals surface area contributed by atoms with Crippen molar-refractivity contribution in [3.8, 4) is 0 Å². The van der Waals surface area contributed by atoms with Crippen molar-refractivity contribution in [3.63, 3.8) is 0 Å². The van der Waals surface area contributed by atoms with E-state index < -0.39 is 5.97 Å². The smallest absolute Gasteiger partial charge is 0.356 e. The van der Waals surface area contributed by atoms with E-state index in [-0.39, 0.29) is 5.69 Å². The van der Waals surface area contributed by atoms with Crippen LogP contribution in [0.3, 0.4) is 0 Å². The van der Waals surface area contributed by atoms with Crippen LogP contribution in [0.4, 0.5) is 5.82 Å². The molecule has 0 bridgehead atoms. The Morgan fingerprint density at radius 3 is 3.00 bits per heavy atom. The highest BCUT2D eigenvalue weighted by Crippen LogP contribution is 2.24. The zero-order valence-corrected chi connectivity index (χ0v) is 10.7. The first-order valence-electron chi connectivity index (χ1n) is 6.28. The first-order valence-corrected chi connectivity index (χ1v) is 6.28. The number of rotatable bonds is 2. The van der Waals surface area contributed by atoms with E-state index in [1.807, 2.05) is 23.1 Å². The Bertz CT molecular complexity index is 672. The molecule has 0 atom stereocenters. The third-order valence-electron chi connectivity index (χ3n) is 3.35. The maximum absolute atomic E-state index is 11.5. The number of imidazole rings is 1. The molecule has 1 N–H and O–H groups in total. The van der Waals surface area contributed by atoms with Gasteiger partial charge in [0.2, 0.25) is 0 Å². The summed E-state index contributed by atoms with van der Waals surface area (Å²) in [6.45, 7) is 3.61. The number of fused-ring (bicyclic) bond motifs is 1. The molecule has 0 fully saturated rings. The van der Waals surface area contributed by atoms with E-state index in [1.54, 1.807) is 10.6 Å². The van der Waals surface area contributed by atoms with E-state index in [0.717, 1.165) is 19.5 Å². The highest BCUT2D eigenvalue weighted by atomic mass is 16.4. The summed E-state index contributed by atoms with van der Waals surface area (Å²) < 4.78 is 1.63. The van der Waals surface area contributed by atoms with Crippen LogP contribution in [0.5, 0.6) is 0 Å². The fourth-order valence-corrected chi connectivity index (χ4v) is 2.49. The monoisotopic (exact) mass is 257 g/mol. The zero-order valence-electron chi connectivity index (χ0n) is 10.7. The largest absolute Gasteiger partial charge is 0.476 e. The van der Waals surface area contributed by atoms with Gasteiger partial charge < -0.3 is 10.0 Å². The van der Waals surface area contributed by atoms with E-state index in [2.05, 4.69) is 18.0 Å². The van der Waals surface area contributed by atoms with E-state index in [4.69, 9.17) is 0 Å². The van der Waals surface area contributed by atoms with Gasteiger partial charge >= 0.3 is 5.97 Å². The van der Waals surface area contributed by atoms with Crippen molar-refractivity contribution in [1.82, 2.24) is 9.38 Å². The Kier molecular flexibility index (Phi) is 2.74. The predicted molar refractivity (Wildman–Crippen MR) is 72.7 cm³/mol. The highest BCUT2D eigenvalue weighted by Gasteiger charge is 2.24. The molecule has 2 aromatic rings. The number of carbonyl (C=O) groups is 1. The molecule has 0 saturated heterocycles. The SMILES string of the molecule is CC1=CCCN(c2nc3ccccn3c2C(=O)O)C1. The summed E-state index contributed by atoms with van der Waals surface area (Å²) in [7, 11) is 0. The van der Waals surface area contributed by atoms with Gasteiger partial charge in [-0.05, 0) is 25.5 Å². The van der Waals surface area contributed by atoms with Crippen LogP contribution < -0.4 is 4.90 Å². The van der Waals surface area contributed by atoms with Crippen LogP contribution in [0.25, 0.3) is 5.65 Å². The van der Waals surface area contributed by atoms with E-state index in [9.17, 15) is 9.90 Å². The number of carboxylic acid groups (broad SMARTS) is 1. The van der Waals surface area contributed by atoms with Gasteiger partial charge in [-0.25, -0.2) is 9.78 Å². The van der Waals surface area contributed by atoms with Gasteiger partial charge in [-0.2, -0.15) is 0 Å². The lowest BCUT2D eigenvalue weighted by molar-refractivity contribution is 0.0690. The van der Waals surface area contributed by atoms with Gasteiger partial charge in [0.15, 0.2) is 11.5 Å². The Labute approximate surface area is 110 Å². The molecule has 0 radical (unpaired) electrons. The van der Waals surface area contributed by atoms with Gasteiger partial charge in [0.25, 0.3) is 0 Å². The number of aromatic nitrogens is 2. The van der Waals surface area contributed by atoms with Crippen LogP contribution in [0, 0.1) is 0 Å². The van der Waals surface area contributed by atoms with Crippen LogP contribution >= 0.6 is 0 Å². The van der Waals surface area contributed by atoms with Crippen LogP contribution in [0.15, 0.2) is 36.0 Å². The number of aromatic carboxylic acids is 1. The lowest BCUT2D eigenvalue weighted by atomic mass is 10.1. The second-order valence-electron chi connectivity index (χ2n) is 4.78. The molecular formula is C14H15N3O2. The van der Waals surface area contributed by atoms with Crippen molar-refractivity contribution in [2.24, 2.45) is 0 Å². The summed E-state index contributed by atoms with van der Waals surface area (Å²) >= 11 is 0. The Morgan fingerprint density at radius 2 is 2.26 bits per heavy atom. The molecule has 1 aliphatic rings. The van der Waals surface area contributed by atoms with Gasteiger partial charge in [-0.3, -0.25) is 4.40 Å². The number of nitrogens with zero attached hydrogens (tertiary/aromatic N) is 3. The van der Waals surface area contributed by atoms with Crippen LogP contribution in [-0.4, -0.2) is 33.6 Å². The Balaban J connectivity index is 2.15. The fraction of sp³-hybridized carbons (Fsp3) is 0.286. The maximum Gasteiger partial charge on any atom is 0.356 e. The summed E-state index contributed by atoms with van der Waals surface area (Å²) in [6.07, 6.45) is 4.85. The molecule has 0 unspecified atom stereocenters. The molecule has 3 heterocycles. The van der Waals surface area contributed by atoms with Crippen LogP contribution in [-0.2, 0) is 0 Å². The van der Waals surface area contributed by atoms with Gasteiger partial charge in [0, 0.05) is 19.3 Å². The molecule has 5 heteroatoms. The molecule has 0 spiro atoms. The Hall–Kier alpha value is -2.30. The lowest BCUT2D eigenvalue weighted by Gasteiger charge is -2.26. The highest BCUT2D eigenvalue weighted by molar-refractivity contribution is 5.93. The first-order chi connectivity index (χ1) is 9.16. The second-order valence-corrected chi connectivity index (χ2v) is 4.78. The summed E-state index contributed by atoms with van der Waals surface area (Å²) in [5.41, 5.74) is 2.16. The van der Waals surface area contributed by atoms with E-state index in [0.29, 0.717) is 11.5 Å². The molecular weight excluding hydrogens is 242 g/mol. The third kappa shape index (κ3) is 1.97. The van der Waals surface area contributed by atoms with Gasteiger partial charge in [0.1, 0.15) is 5.65 Å². The van der Waals surface area contributed by atoms with Crippen molar-refractivity contribution in [3.05, 3.63) is 41.7 Å². The summed E-state index contributed by atoms with van der Waals surface area (Å²) in [5.74, 6) is -0.382. The lowest BCUT2D eigenvalue weighted by Crippen LogP contribution is -2.30. The molecule has 0 aromatic carbocycles. The standard InChI is InChI=1S/C14H15N3O2/c1-10-5-4-7-16(9-10)13-12(14(18)19)17-8-3-2-6-11(17)15-13/h2-3,5-6,8H,4,7,9H2,1H3,(H,18,19). The zero-order chi connectivity index (χ0) is 13.4. The summed E-state index contributed by atoms with van der Waals surface area (Å²) in [5, 5.41) is 9.45. The molecule has 98 valence electrons. The minimum absolute atomic E-state index is 0.241. The molecule has 2 aromatic heterocycles. The van der Waals surface area contributed by atoms with Crippen molar-refractivity contribution >= 4 is 17.4 Å². The molecule has 0 amide bonds. The van der Waals surface area contributed by atoms with Crippen molar-refractivity contribution in [1.29, 1.82) is 0 Å².